The van der Waals surface area contributed by atoms with Crippen LogP contribution >= 0.6 is 0 Å². The topological polar surface area (TPSA) is 83.1 Å². The third-order valence-electron chi connectivity index (χ3n) is 8.14. The molecule has 1 aromatic heterocycles. The summed E-state index contributed by atoms with van der Waals surface area (Å²) in [6.45, 7) is 0. The molecule has 8 heteroatoms. The highest BCUT2D eigenvalue weighted by Gasteiger charge is 3.05. The quantitative estimate of drug-likeness (QED) is 0.576. The molecule has 8 rings (SSSR count). The van der Waals surface area contributed by atoms with Crippen LogP contribution in [-0.4, -0.2) is 33.9 Å². The summed E-state index contributed by atoms with van der Waals surface area (Å²) in [6, 6.07) is -0.0812. The van der Waals surface area contributed by atoms with Crippen molar-refractivity contribution in [2.45, 2.75) is 12.1 Å². The van der Waals surface area contributed by atoms with E-state index in [1.165, 1.54) is 11.6 Å². The highest BCUT2D eigenvalue weighted by Crippen LogP contribution is 3.03. The molecule has 0 unspecified atom stereocenters. The minimum atomic E-state index is -3.04. The van der Waals surface area contributed by atoms with Crippen LogP contribution in [-0.2, 0) is 16.9 Å². The van der Waals surface area contributed by atoms with Gasteiger partial charge in [-0.3, -0.25) is 0 Å². The van der Waals surface area contributed by atoms with Crippen LogP contribution in [0.2, 0.25) is 0 Å². The molecule has 8 atom stereocenters. The Morgan fingerprint density at radius 2 is 1.38 bits per heavy atom. The zero-order valence-electron chi connectivity index (χ0n) is 11.3. The molecule has 1 aromatic rings. The van der Waals surface area contributed by atoms with Gasteiger partial charge in [-0.2, -0.15) is 0 Å². The first-order chi connectivity index (χ1) is 9.88. The van der Waals surface area contributed by atoms with E-state index >= 15 is 0 Å². The van der Waals surface area contributed by atoms with Gasteiger partial charge in [0.25, 0.3) is 0 Å². The predicted molar refractivity (Wildman–Crippen MR) is 69.5 cm³/mol. The Balaban J connectivity index is 1.66. The third kappa shape index (κ3) is 0.569. The predicted octanol–water partition coefficient (Wildman–Crippen LogP) is -1.64. The minimum Gasteiger partial charge on any atom is -0.246 e. The zero-order valence-corrected chi connectivity index (χ0v) is 12.1. The standard InChI is InChI=1S/C13H13N3O4S/c1-14-10(17)15-8-4-5-7-6(4)12(8)2-21(19,20)3-13(7,12)9(5)16(15)11(14)18/h4-9H,2-3H2,1H3/t4-,5-,6-,7-,8+,9+,12-,13+/m1/s1. The van der Waals surface area contributed by atoms with E-state index < -0.39 is 9.84 Å². The van der Waals surface area contributed by atoms with Crippen molar-refractivity contribution < 1.29 is 8.42 Å². The van der Waals surface area contributed by atoms with Gasteiger partial charge in [-0.1, -0.05) is 0 Å². The Hall–Kier alpha value is -1.31. The molecule has 0 radical (unpaired) electrons. The van der Waals surface area contributed by atoms with Gasteiger partial charge in [0.1, 0.15) is 0 Å². The summed E-state index contributed by atoms with van der Waals surface area (Å²) >= 11 is 0. The van der Waals surface area contributed by atoms with Crippen LogP contribution in [0.15, 0.2) is 9.59 Å². The summed E-state index contributed by atoms with van der Waals surface area (Å²) < 4.78 is 29.1. The highest BCUT2D eigenvalue weighted by molar-refractivity contribution is 7.91. The monoisotopic (exact) mass is 307 g/mol. The number of aromatic nitrogens is 3. The number of rotatable bonds is 0. The highest BCUT2D eigenvalue weighted by atomic mass is 32.2. The van der Waals surface area contributed by atoms with Crippen molar-refractivity contribution in [1.29, 1.82) is 0 Å². The lowest BCUT2D eigenvalue weighted by atomic mass is 9.06. The van der Waals surface area contributed by atoms with E-state index in [-0.39, 0.29) is 45.8 Å². The summed E-state index contributed by atoms with van der Waals surface area (Å²) in [4.78, 5) is 24.8. The molecule has 1 saturated heterocycles. The molecule has 4 aliphatic carbocycles. The molecule has 110 valence electrons. The van der Waals surface area contributed by atoms with Crippen LogP contribution in [0, 0.1) is 34.5 Å². The van der Waals surface area contributed by atoms with Crippen molar-refractivity contribution in [3.05, 3.63) is 21.0 Å². The minimum absolute atomic E-state index is 0.0406. The largest absolute Gasteiger partial charge is 0.347 e. The first-order valence-corrected chi connectivity index (χ1v) is 9.31. The molecule has 0 N–H and O–H groups in total. The lowest BCUT2D eigenvalue weighted by Crippen LogP contribution is -3.00. The van der Waals surface area contributed by atoms with E-state index in [0.717, 1.165) is 0 Å². The van der Waals surface area contributed by atoms with Gasteiger partial charge in [0.15, 0.2) is 9.84 Å². The van der Waals surface area contributed by atoms with Crippen molar-refractivity contribution in [2.75, 3.05) is 11.5 Å². The number of hydrogen-bond donors (Lipinski definition) is 0. The molecule has 0 aromatic carbocycles. The molecule has 7 aliphatic rings. The van der Waals surface area contributed by atoms with Gasteiger partial charge in [0.05, 0.1) is 23.6 Å². The first kappa shape index (κ1) is 10.4. The normalized spacial score (nSPS) is 60.8. The van der Waals surface area contributed by atoms with E-state index in [2.05, 4.69) is 0 Å². The van der Waals surface area contributed by atoms with Crippen molar-refractivity contribution in [3.8, 4) is 0 Å². The maximum atomic E-state index is 12.4. The van der Waals surface area contributed by atoms with Gasteiger partial charge in [-0.25, -0.2) is 31.9 Å². The molecule has 5 fully saturated rings. The smallest absolute Gasteiger partial charge is 0.246 e. The van der Waals surface area contributed by atoms with Gasteiger partial charge in [0.2, 0.25) is 0 Å². The van der Waals surface area contributed by atoms with Crippen LogP contribution < -0.4 is 11.4 Å². The molecule has 0 amide bonds. The van der Waals surface area contributed by atoms with Gasteiger partial charge in [-0.15, -0.1) is 0 Å². The molecule has 7 nitrogen and oxygen atoms in total. The van der Waals surface area contributed by atoms with Gasteiger partial charge in [-0.05, 0) is 23.7 Å². The lowest BCUT2D eigenvalue weighted by molar-refractivity contribution is -0.533. The molecule has 4 saturated carbocycles. The Bertz CT molecular complexity index is 957. The second kappa shape index (κ2) is 2.19. The maximum absolute atomic E-state index is 12.4. The molecular formula is C13H13N3O4S. The van der Waals surface area contributed by atoms with Crippen LogP contribution in [0.25, 0.3) is 0 Å². The number of nitrogens with zero attached hydrogens (tertiary/aromatic N) is 3. The van der Waals surface area contributed by atoms with Crippen LogP contribution in [0.5, 0.6) is 0 Å². The van der Waals surface area contributed by atoms with Gasteiger partial charge in [0, 0.05) is 17.9 Å². The average Bonchev–Trinajstić information content (AvgIpc) is 2.76. The number of sulfone groups is 1. The first-order valence-electron chi connectivity index (χ1n) is 7.49. The fourth-order valence-corrected chi connectivity index (χ4v) is 10.9. The van der Waals surface area contributed by atoms with Crippen LogP contribution in [0.1, 0.15) is 12.1 Å². The SMILES string of the molecule is Cn1c(=O)n2n(c1=O)[C@H]1[C@@H]3[C@@H]4[C@@H]5[C@@H]3[C@]13CS(=O)(=O)C[C@@]53[C@H]42. The summed E-state index contributed by atoms with van der Waals surface area (Å²) in [5.41, 5.74) is -0.958. The molecule has 4 heterocycles. The van der Waals surface area contributed by atoms with E-state index in [1.807, 2.05) is 0 Å². The van der Waals surface area contributed by atoms with Crippen LogP contribution in [0.4, 0.5) is 0 Å². The molecule has 3 aliphatic heterocycles. The van der Waals surface area contributed by atoms with Gasteiger partial charge >= 0.3 is 11.4 Å². The molecule has 21 heavy (non-hydrogen) atoms. The Kier molecular flexibility index (Phi) is 1.09. The van der Waals surface area contributed by atoms with E-state index in [4.69, 9.17) is 0 Å². The fourth-order valence-electron chi connectivity index (χ4n) is 8.13. The van der Waals surface area contributed by atoms with E-state index in [9.17, 15) is 18.0 Å². The second-order valence-electron chi connectivity index (χ2n) is 8.02. The van der Waals surface area contributed by atoms with Crippen LogP contribution in [0.3, 0.4) is 0 Å². The Morgan fingerprint density at radius 3 is 1.81 bits per heavy atom. The van der Waals surface area contributed by atoms with Crippen molar-refractivity contribution in [3.63, 3.8) is 0 Å². The summed E-state index contributed by atoms with van der Waals surface area (Å²) in [6.07, 6.45) is 0. The molecule has 2 spiro atoms. The zero-order chi connectivity index (χ0) is 14.3. The van der Waals surface area contributed by atoms with Gasteiger partial charge < -0.3 is 0 Å². The maximum Gasteiger partial charge on any atom is 0.347 e. The van der Waals surface area contributed by atoms with E-state index in [0.29, 0.717) is 23.7 Å². The molecular weight excluding hydrogens is 294 g/mol. The fraction of sp³-hybridized carbons (Fsp3) is 0.846. The molecule has 2 bridgehead atoms. The lowest BCUT2D eigenvalue weighted by Gasteiger charge is -2.99. The Morgan fingerprint density at radius 1 is 0.952 bits per heavy atom. The Labute approximate surface area is 119 Å². The van der Waals surface area contributed by atoms with Crippen molar-refractivity contribution in [2.24, 2.45) is 41.5 Å². The number of hydrogen-bond acceptors (Lipinski definition) is 4. The van der Waals surface area contributed by atoms with E-state index in [1.54, 1.807) is 9.36 Å². The van der Waals surface area contributed by atoms with Crippen molar-refractivity contribution in [1.82, 2.24) is 13.9 Å². The summed E-state index contributed by atoms with van der Waals surface area (Å²) in [5, 5.41) is 0. The summed E-state index contributed by atoms with van der Waals surface area (Å²) in [5.74, 6) is 2.40. The summed E-state index contributed by atoms with van der Waals surface area (Å²) in [7, 11) is -1.52. The second-order valence-corrected chi connectivity index (χ2v) is 10.1. The van der Waals surface area contributed by atoms with Crippen molar-refractivity contribution >= 4 is 9.84 Å². The third-order valence-corrected chi connectivity index (χ3v) is 9.98. The average molecular weight is 307 g/mol.